The largest absolute Gasteiger partial charge is 0.351 e. The summed E-state index contributed by atoms with van der Waals surface area (Å²) in [5, 5.41) is 0.531. The van der Waals surface area contributed by atoms with Gasteiger partial charge < -0.3 is 4.98 Å². The van der Waals surface area contributed by atoms with E-state index in [4.69, 9.17) is 23.2 Å². The number of aldehydes is 1. The summed E-state index contributed by atoms with van der Waals surface area (Å²) in [6.07, 6.45) is 0.690. The summed E-state index contributed by atoms with van der Waals surface area (Å²) in [6, 6.07) is 6.23. The van der Waals surface area contributed by atoms with Gasteiger partial charge in [0, 0.05) is 16.5 Å². The van der Waals surface area contributed by atoms with Gasteiger partial charge in [-0.3, -0.25) is 4.79 Å². The molecule has 96 valence electrons. The minimum Gasteiger partial charge on any atom is -0.351 e. The number of hydrogen-bond acceptors (Lipinski definition) is 2. The van der Waals surface area contributed by atoms with Gasteiger partial charge in [0.05, 0.1) is 15.5 Å². The number of halogens is 3. The Kier molecular flexibility index (Phi) is 3.09. The van der Waals surface area contributed by atoms with Gasteiger partial charge in [-0.05, 0) is 12.1 Å². The first-order valence-electron chi connectivity index (χ1n) is 5.32. The number of aromatic nitrogens is 1. The minimum atomic E-state index is -0.413. The summed E-state index contributed by atoms with van der Waals surface area (Å²) in [6.45, 7) is 0. The highest BCUT2D eigenvalue weighted by molar-refractivity contribution is 7.20. The molecule has 0 radical (unpaired) electrons. The quantitative estimate of drug-likeness (QED) is 0.652. The fourth-order valence-corrected chi connectivity index (χ4v) is 3.52. The van der Waals surface area contributed by atoms with Crippen molar-refractivity contribution in [1.29, 1.82) is 0 Å². The normalized spacial score (nSPS) is 11.1. The van der Waals surface area contributed by atoms with Crippen LogP contribution in [0.2, 0.25) is 8.67 Å². The number of carbonyl (C=O) groups is 1. The molecule has 0 aliphatic rings. The molecule has 1 aromatic carbocycles. The van der Waals surface area contributed by atoms with Crippen LogP contribution in [0.3, 0.4) is 0 Å². The van der Waals surface area contributed by atoms with Crippen molar-refractivity contribution in [3.63, 3.8) is 0 Å². The first-order valence-corrected chi connectivity index (χ1v) is 6.89. The highest BCUT2D eigenvalue weighted by Gasteiger charge is 2.18. The number of nitrogens with one attached hydrogen (secondary N) is 1. The highest BCUT2D eigenvalue weighted by atomic mass is 35.5. The molecule has 2 nitrogen and oxygen atoms in total. The van der Waals surface area contributed by atoms with Crippen LogP contribution in [0.15, 0.2) is 24.3 Å². The average Bonchev–Trinajstić information content (AvgIpc) is 2.90. The molecule has 2 aromatic heterocycles. The molecule has 0 saturated carbocycles. The molecular formula is C13H6Cl2FNOS. The predicted molar refractivity (Wildman–Crippen MR) is 77.0 cm³/mol. The summed E-state index contributed by atoms with van der Waals surface area (Å²) < 4.78 is 14.7. The zero-order chi connectivity index (χ0) is 13.6. The third kappa shape index (κ3) is 1.96. The number of benzene rings is 1. The van der Waals surface area contributed by atoms with Crippen molar-refractivity contribution in [3.05, 3.63) is 44.3 Å². The number of rotatable bonds is 2. The fourth-order valence-electron chi connectivity index (χ4n) is 2.05. The molecule has 0 aliphatic carbocycles. The van der Waals surface area contributed by atoms with Crippen molar-refractivity contribution in [2.45, 2.75) is 0 Å². The lowest BCUT2D eigenvalue weighted by Crippen LogP contribution is -1.82. The maximum atomic E-state index is 13.7. The monoisotopic (exact) mass is 313 g/mol. The molecule has 0 atom stereocenters. The van der Waals surface area contributed by atoms with Gasteiger partial charge in [0.15, 0.2) is 6.29 Å². The van der Waals surface area contributed by atoms with Crippen LogP contribution in [0, 0.1) is 5.82 Å². The molecule has 0 spiro atoms. The molecule has 6 heteroatoms. The molecule has 3 aromatic rings. The second-order valence-corrected chi connectivity index (χ2v) is 6.22. The van der Waals surface area contributed by atoms with Crippen molar-refractivity contribution in [2.75, 3.05) is 0 Å². The first-order chi connectivity index (χ1) is 9.11. The Morgan fingerprint density at radius 2 is 2.11 bits per heavy atom. The van der Waals surface area contributed by atoms with E-state index in [1.165, 1.54) is 17.4 Å². The molecule has 1 N–H and O–H groups in total. The summed E-state index contributed by atoms with van der Waals surface area (Å²) in [5.41, 5.74) is 1.77. The van der Waals surface area contributed by atoms with Gasteiger partial charge in [-0.15, -0.1) is 11.3 Å². The molecule has 0 aliphatic heterocycles. The second-order valence-electron chi connectivity index (χ2n) is 3.93. The molecular weight excluding hydrogens is 308 g/mol. The van der Waals surface area contributed by atoms with Gasteiger partial charge in [-0.25, -0.2) is 4.39 Å². The predicted octanol–water partition coefficient (Wildman–Crippen LogP) is 5.15. The van der Waals surface area contributed by atoms with Crippen LogP contribution in [0.4, 0.5) is 4.39 Å². The Morgan fingerprint density at radius 1 is 1.32 bits per heavy atom. The number of fused-ring (bicyclic) bond motifs is 1. The fraction of sp³-hybridized carbons (Fsp3) is 0. The third-order valence-corrected chi connectivity index (χ3v) is 4.35. The molecule has 0 saturated heterocycles. The minimum absolute atomic E-state index is 0.290. The zero-order valence-electron chi connectivity index (χ0n) is 9.34. The van der Waals surface area contributed by atoms with Gasteiger partial charge in [-0.1, -0.05) is 35.3 Å². The number of thiophene rings is 1. The Hall–Kier alpha value is -1.36. The van der Waals surface area contributed by atoms with Crippen molar-refractivity contribution in [3.8, 4) is 11.3 Å². The van der Waals surface area contributed by atoms with Crippen molar-refractivity contribution >= 4 is 51.7 Å². The van der Waals surface area contributed by atoms with Crippen LogP contribution < -0.4 is 0 Å². The van der Waals surface area contributed by atoms with E-state index in [1.54, 1.807) is 18.2 Å². The lowest BCUT2D eigenvalue weighted by atomic mass is 10.1. The summed E-state index contributed by atoms with van der Waals surface area (Å²) in [5.74, 6) is -0.413. The van der Waals surface area contributed by atoms with E-state index in [2.05, 4.69) is 4.98 Å². The summed E-state index contributed by atoms with van der Waals surface area (Å²) in [4.78, 5) is 14.2. The van der Waals surface area contributed by atoms with Crippen LogP contribution in [0.1, 0.15) is 10.4 Å². The Morgan fingerprint density at radius 3 is 2.74 bits per heavy atom. The van der Waals surface area contributed by atoms with Gasteiger partial charge in [-0.2, -0.15) is 0 Å². The number of hydrogen-bond donors (Lipinski definition) is 1. The van der Waals surface area contributed by atoms with E-state index in [0.717, 1.165) is 0 Å². The zero-order valence-corrected chi connectivity index (χ0v) is 11.7. The van der Waals surface area contributed by atoms with Crippen molar-refractivity contribution < 1.29 is 9.18 Å². The van der Waals surface area contributed by atoms with E-state index < -0.39 is 5.82 Å². The highest BCUT2D eigenvalue weighted by Crippen LogP contribution is 2.40. The van der Waals surface area contributed by atoms with Crippen LogP contribution in [-0.4, -0.2) is 11.3 Å². The van der Waals surface area contributed by atoms with Gasteiger partial charge in [0.2, 0.25) is 0 Å². The third-order valence-electron chi connectivity index (χ3n) is 2.87. The molecule has 0 unspecified atom stereocenters. The van der Waals surface area contributed by atoms with E-state index >= 15 is 0 Å². The van der Waals surface area contributed by atoms with Crippen LogP contribution in [-0.2, 0) is 0 Å². The summed E-state index contributed by atoms with van der Waals surface area (Å²) in [7, 11) is 0. The van der Waals surface area contributed by atoms with Gasteiger partial charge in [0.1, 0.15) is 10.2 Å². The van der Waals surface area contributed by atoms with Crippen LogP contribution >= 0.6 is 34.5 Å². The molecule has 0 bridgehead atoms. The van der Waals surface area contributed by atoms with E-state index in [1.807, 2.05) is 0 Å². The standard InChI is InChI=1S/C13H6Cl2FNOS/c14-10-4-7(13(15)19-10)11-8(5-18)6-2-1-3-9(16)12(6)17-11/h1-5,17H. The number of H-pyrrole nitrogens is 1. The maximum absolute atomic E-state index is 13.7. The number of aromatic amines is 1. The Balaban J connectivity index is 2.38. The van der Waals surface area contributed by atoms with Gasteiger partial charge >= 0.3 is 0 Å². The Labute approximate surface area is 121 Å². The lowest BCUT2D eigenvalue weighted by Gasteiger charge is -1.96. The van der Waals surface area contributed by atoms with E-state index in [-0.39, 0.29) is 5.52 Å². The SMILES string of the molecule is O=Cc1c(-c2cc(Cl)sc2Cl)[nH]c2c(F)cccc12. The lowest BCUT2D eigenvalue weighted by molar-refractivity contribution is 0.112. The summed E-state index contributed by atoms with van der Waals surface area (Å²) >= 11 is 13.2. The van der Waals surface area contributed by atoms with E-state index in [9.17, 15) is 9.18 Å². The van der Waals surface area contributed by atoms with Crippen molar-refractivity contribution in [2.24, 2.45) is 0 Å². The molecule has 3 rings (SSSR count). The smallest absolute Gasteiger partial charge is 0.152 e. The van der Waals surface area contributed by atoms with E-state index in [0.29, 0.717) is 37.2 Å². The first kappa shape index (κ1) is 12.7. The van der Waals surface area contributed by atoms with Crippen LogP contribution in [0.25, 0.3) is 22.2 Å². The molecule has 19 heavy (non-hydrogen) atoms. The Bertz CT molecular complexity index is 793. The average molecular weight is 314 g/mol. The number of carbonyl (C=O) groups excluding carboxylic acids is 1. The number of para-hydroxylation sites is 1. The van der Waals surface area contributed by atoms with Gasteiger partial charge in [0.25, 0.3) is 0 Å². The molecule has 0 amide bonds. The van der Waals surface area contributed by atoms with Crippen LogP contribution in [0.5, 0.6) is 0 Å². The van der Waals surface area contributed by atoms with Crippen molar-refractivity contribution in [1.82, 2.24) is 4.98 Å². The maximum Gasteiger partial charge on any atom is 0.152 e. The second kappa shape index (κ2) is 4.63. The molecule has 0 fully saturated rings. The topological polar surface area (TPSA) is 32.9 Å². The molecule has 2 heterocycles.